The van der Waals surface area contributed by atoms with Crippen LogP contribution < -0.4 is 10.0 Å². The van der Waals surface area contributed by atoms with Crippen LogP contribution in [0.3, 0.4) is 0 Å². The molecule has 1 heterocycles. The first-order valence-electron chi connectivity index (χ1n) is 6.62. The molecule has 6 nitrogen and oxygen atoms in total. The van der Waals surface area contributed by atoms with E-state index in [9.17, 15) is 8.42 Å². The molecule has 1 aliphatic rings. The monoisotopic (exact) mass is 316 g/mol. The van der Waals surface area contributed by atoms with Crippen molar-refractivity contribution >= 4 is 27.7 Å². The van der Waals surface area contributed by atoms with Crippen molar-refractivity contribution in [2.45, 2.75) is 35.8 Å². The van der Waals surface area contributed by atoms with Crippen LogP contribution in [0.4, 0.5) is 5.95 Å². The summed E-state index contributed by atoms with van der Waals surface area (Å²) in [5, 5.41) is 3.01. The van der Waals surface area contributed by atoms with Crippen molar-refractivity contribution in [3.05, 3.63) is 12.4 Å². The summed E-state index contributed by atoms with van der Waals surface area (Å²) < 4.78 is 27.0. The summed E-state index contributed by atoms with van der Waals surface area (Å²) in [6, 6.07) is 0. The zero-order chi connectivity index (χ0) is 14.6. The van der Waals surface area contributed by atoms with Crippen molar-refractivity contribution in [1.29, 1.82) is 0 Å². The Kier molecular flexibility index (Phi) is 4.87. The highest BCUT2D eigenvalue weighted by Crippen LogP contribution is 2.46. The molecule has 0 saturated heterocycles. The lowest BCUT2D eigenvalue weighted by Crippen LogP contribution is -2.31. The first-order chi connectivity index (χ1) is 9.51. The Bertz CT molecular complexity index is 541. The van der Waals surface area contributed by atoms with Crippen LogP contribution in [0.25, 0.3) is 0 Å². The normalized spacial score (nSPS) is 16.9. The minimum absolute atomic E-state index is 0.0938. The maximum absolute atomic E-state index is 12.1. The number of sulfonamides is 1. The molecule has 1 aliphatic carbocycles. The summed E-state index contributed by atoms with van der Waals surface area (Å²) in [4.78, 5) is 8.14. The molecule has 1 fully saturated rings. The minimum atomic E-state index is -3.52. The Labute approximate surface area is 124 Å². The Morgan fingerprint density at radius 3 is 2.50 bits per heavy atom. The van der Waals surface area contributed by atoms with Gasteiger partial charge >= 0.3 is 0 Å². The molecule has 0 amide bonds. The standard InChI is InChI=1S/C12H20N4O2S2/c1-3-6-13-11-14-7-10(8-15-11)20(17,18)16-9-12(19-2)4-5-12/h7-8,16H,3-6,9H2,1-2H3,(H,13,14,15). The van der Waals surface area contributed by atoms with E-state index in [-0.39, 0.29) is 9.64 Å². The zero-order valence-corrected chi connectivity index (χ0v) is 13.4. The van der Waals surface area contributed by atoms with Gasteiger partial charge in [0.25, 0.3) is 0 Å². The molecule has 8 heteroatoms. The van der Waals surface area contributed by atoms with E-state index in [4.69, 9.17) is 0 Å². The van der Waals surface area contributed by atoms with Crippen LogP contribution in [0, 0.1) is 0 Å². The van der Waals surface area contributed by atoms with Crippen LogP contribution in [0.15, 0.2) is 17.3 Å². The van der Waals surface area contributed by atoms with E-state index in [0.717, 1.165) is 25.8 Å². The summed E-state index contributed by atoms with van der Waals surface area (Å²) in [6.07, 6.45) is 7.78. The van der Waals surface area contributed by atoms with E-state index in [1.807, 2.05) is 13.2 Å². The van der Waals surface area contributed by atoms with Crippen LogP contribution in [0.1, 0.15) is 26.2 Å². The van der Waals surface area contributed by atoms with Crippen LogP contribution in [0.2, 0.25) is 0 Å². The van der Waals surface area contributed by atoms with E-state index in [0.29, 0.717) is 12.5 Å². The van der Waals surface area contributed by atoms with Gasteiger partial charge in [0.2, 0.25) is 16.0 Å². The second kappa shape index (κ2) is 6.28. The molecule has 0 radical (unpaired) electrons. The van der Waals surface area contributed by atoms with Gasteiger partial charge in [0.15, 0.2) is 0 Å². The summed E-state index contributed by atoms with van der Waals surface area (Å²) >= 11 is 1.72. The highest BCUT2D eigenvalue weighted by molar-refractivity contribution is 8.00. The second-order valence-electron chi connectivity index (χ2n) is 4.88. The average Bonchev–Trinajstić information content (AvgIpc) is 3.24. The predicted octanol–water partition coefficient (Wildman–Crippen LogP) is 1.47. The third-order valence-corrected chi connectivity index (χ3v) is 6.07. The lowest BCUT2D eigenvalue weighted by Gasteiger charge is -2.13. The van der Waals surface area contributed by atoms with Crippen molar-refractivity contribution in [3.8, 4) is 0 Å². The smallest absolute Gasteiger partial charge is 0.243 e. The highest BCUT2D eigenvalue weighted by Gasteiger charge is 2.42. The highest BCUT2D eigenvalue weighted by atomic mass is 32.2. The number of rotatable bonds is 8. The van der Waals surface area contributed by atoms with Gasteiger partial charge in [0.1, 0.15) is 4.90 Å². The minimum Gasteiger partial charge on any atom is -0.354 e. The molecule has 0 atom stereocenters. The molecule has 0 aliphatic heterocycles. The van der Waals surface area contributed by atoms with Crippen LogP contribution in [-0.2, 0) is 10.0 Å². The number of anilines is 1. The lowest BCUT2D eigenvalue weighted by molar-refractivity contribution is 0.579. The Balaban J connectivity index is 1.98. The zero-order valence-electron chi connectivity index (χ0n) is 11.7. The van der Waals surface area contributed by atoms with Crippen molar-refractivity contribution < 1.29 is 8.42 Å². The second-order valence-corrected chi connectivity index (χ2v) is 7.92. The molecule has 2 rings (SSSR count). The number of hydrogen-bond acceptors (Lipinski definition) is 6. The van der Waals surface area contributed by atoms with E-state index >= 15 is 0 Å². The van der Waals surface area contributed by atoms with Gasteiger partial charge in [-0.1, -0.05) is 6.92 Å². The quantitative estimate of drug-likeness (QED) is 0.755. The largest absolute Gasteiger partial charge is 0.354 e. The molecule has 20 heavy (non-hydrogen) atoms. The van der Waals surface area contributed by atoms with Crippen molar-refractivity contribution in [1.82, 2.24) is 14.7 Å². The fourth-order valence-electron chi connectivity index (χ4n) is 1.69. The Morgan fingerprint density at radius 1 is 1.35 bits per heavy atom. The molecule has 2 N–H and O–H groups in total. The average molecular weight is 316 g/mol. The molecular formula is C12H20N4O2S2. The number of thioether (sulfide) groups is 1. The van der Waals surface area contributed by atoms with Gasteiger partial charge in [0, 0.05) is 17.8 Å². The predicted molar refractivity (Wildman–Crippen MR) is 81.5 cm³/mol. The molecule has 1 saturated carbocycles. The van der Waals surface area contributed by atoms with E-state index in [1.165, 1.54) is 12.4 Å². The summed E-state index contributed by atoms with van der Waals surface area (Å²) in [5.41, 5.74) is 0. The van der Waals surface area contributed by atoms with Gasteiger partial charge in [0.05, 0.1) is 12.4 Å². The maximum Gasteiger partial charge on any atom is 0.243 e. The summed E-state index contributed by atoms with van der Waals surface area (Å²) in [6.45, 7) is 3.27. The fourth-order valence-corrected chi connectivity index (χ4v) is 3.52. The fraction of sp³-hybridized carbons (Fsp3) is 0.667. The van der Waals surface area contributed by atoms with Gasteiger partial charge in [-0.25, -0.2) is 23.1 Å². The van der Waals surface area contributed by atoms with Crippen LogP contribution in [-0.4, -0.2) is 42.5 Å². The first kappa shape index (κ1) is 15.5. The number of nitrogens with zero attached hydrogens (tertiary/aromatic N) is 2. The number of nitrogens with one attached hydrogen (secondary N) is 2. The Hall–Kier alpha value is -0.860. The molecule has 0 aromatic carbocycles. The molecular weight excluding hydrogens is 296 g/mol. The third kappa shape index (κ3) is 3.83. The summed E-state index contributed by atoms with van der Waals surface area (Å²) in [7, 11) is -3.52. The number of aromatic nitrogens is 2. The topological polar surface area (TPSA) is 84.0 Å². The van der Waals surface area contributed by atoms with Gasteiger partial charge in [-0.3, -0.25) is 0 Å². The van der Waals surface area contributed by atoms with Gasteiger partial charge in [-0.15, -0.1) is 0 Å². The van der Waals surface area contributed by atoms with Crippen molar-refractivity contribution in [3.63, 3.8) is 0 Å². The van der Waals surface area contributed by atoms with Gasteiger partial charge in [-0.2, -0.15) is 11.8 Å². The Morgan fingerprint density at radius 2 is 2.00 bits per heavy atom. The molecule has 112 valence electrons. The van der Waals surface area contributed by atoms with Crippen LogP contribution in [0.5, 0.6) is 0 Å². The van der Waals surface area contributed by atoms with Gasteiger partial charge < -0.3 is 5.32 Å². The molecule has 1 aromatic rings. The van der Waals surface area contributed by atoms with Crippen molar-refractivity contribution in [2.75, 3.05) is 24.7 Å². The first-order valence-corrected chi connectivity index (χ1v) is 9.33. The SMILES string of the molecule is CCCNc1ncc(S(=O)(=O)NCC2(SC)CC2)cn1. The lowest BCUT2D eigenvalue weighted by atomic mass is 10.4. The molecule has 0 spiro atoms. The molecule has 1 aromatic heterocycles. The van der Waals surface area contributed by atoms with E-state index < -0.39 is 10.0 Å². The van der Waals surface area contributed by atoms with Gasteiger partial charge in [-0.05, 0) is 25.5 Å². The van der Waals surface area contributed by atoms with E-state index in [1.54, 1.807) is 11.8 Å². The summed E-state index contributed by atoms with van der Waals surface area (Å²) in [5.74, 6) is 0.452. The third-order valence-electron chi connectivity index (χ3n) is 3.30. The molecule has 0 bridgehead atoms. The maximum atomic E-state index is 12.1. The van der Waals surface area contributed by atoms with Crippen LogP contribution >= 0.6 is 11.8 Å². The van der Waals surface area contributed by atoms with Crippen molar-refractivity contribution in [2.24, 2.45) is 0 Å². The number of hydrogen-bond donors (Lipinski definition) is 2. The molecule has 0 unspecified atom stereocenters. The van der Waals surface area contributed by atoms with E-state index in [2.05, 4.69) is 20.0 Å².